The standard InChI is InChI=1S/C54H90N2O10/c1-29(35-12-14-37-48-39(27-44(61)53(35,37)5)51(3)20-18-33(57)23-31(51)25-42(48)59)10-16-46(63)55-22-8-7-9-41(50(65)66)56-47(64)17-11-30(2)36-13-15-38-49-40(28-45(62)54(36,38)6)52(4)21-19-34(58)24-32(52)26-43(49)60/h29-45,48-49,57-62H,7-28H2,1-6H3,(H,55,63)(H,56,64)(H,65,66)/t29?,30?,31-,32-,33-,34-,35?,36?,37+,38+,39+,40+,41?,42+,43+,44?,45?,48-,49-,51?,52?,53?,54?/m1/s1. The summed E-state index contributed by atoms with van der Waals surface area (Å²) in [6.07, 6.45) is 12.5. The number of unbranched alkanes of at least 4 members (excludes halogenated alkanes) is 1. The molecule has 0 aromatic carbocycles. The Labute approximate surface area is 395 Å². The van der Waals surface area contributed by atoms with Gasteiger partial charge in [0, 0.05) is 19.4 Å². The molecule has 9 N–H and O–H groups in total. The SMILES string of the molecule is CC(CCC(=O)NCCCCC(NC(=O)CCC(C)C1CC[C@H]2[C@H]3[C@@H](O)C[C@H]4C[C@H](O)CCC4(C)[C@H]3CC(O)C12C)C(=O)O)C1CC[C@H]2[C@H]3[C@@H](O)C[C@H]4C[C@H](O)CCC4(C)[C@H]3CC(O)C12C. The summed E-state index contributed by atoms with van der Waals surface area (Å²) in [5.41, 5.74) is -0.623. The normalized spacial score (nSPS) is 48.5. The van der Waals surface area contributed by atoms with Crippen LogP contribution in [0.1, 0.15) is 176 Å². The van der Waals surface area contributed by atoms with Crippen LogP contribution in [0.5, 0.6) is 0 Å². The first-order valence-corrected chi connectivity index (χ1v) is 27.0. The summed E-state index contributed by atoms with van der Waals surface area (Å²) in [6.45, 7) is 14.0. The van der Waals surface area contributed by atoms with Crippen molar-refractivity contribution in [2.75, 3.05) is 6.54 Å². The lowest BCUT2D eigenvalue weighted by Gasteiger charge is -2.63. The summed E-state index contributed by atoms with van der Waals surface area (Å²) in [5, 5.41) is 83.8. The van der Waals surface area contributed by atoms with E-state index >= 15 is 0 Å². The van der Waals surface area contributed by atoms with Gasteiger partial charge in [0.05, 0.1) is 36.6 Å². The first kappa shape index (κ1) is 50.6. The van der Waals surface area contributed by atoms with Crippen molar-refractivity contribution >= 4 is 17.8 Å². The summed E-state index contributed by atoms with van der Waals surface area (Å²) < 4.78 is 0. The Balaban J connectivity index is 0.750. The summed E-state index contributed by atoms with van der Waals surface area (Å²) >= 11 is 0. The van der Waals surface area contributed by atoms with E-state index in [9.17, 15) is 50.1 Å². The number of rotatable bonds is 15. The molecule has 23 atom stereocenters. The van der Waals surface area contributed by atoms with Gasteiger partial charge in [-0.3, -0.25) is 9.59 Å². The Morgan fingerprint density at radius 1 is 0.561 bits per heavy atom. The first-order chi connectivity index (χ1) is 31.1. The van der Waals surface area contributed by atoms with Crippen LogP contribution in [-0.4, -0.2) is 103 Å². The quantitative estimate of drug-likeness (QED) is 0.0803. The predicted molar refractivity (Wildman–Crippen MR) is 251 cm³/mol. The molecule has 0 aliphatic heterocycles. The van der Waals surface area contributed by atoms with Gasteiger partial charge in [-0.2, -0.15) is 0 Å². The van der Waals surface area contributed by atoms with Gasteiger partial charge in [0.25, 0.3) is 0 Å². The lowest BCUT2D eigenvalue weighted by Crippen LogP contribution is -2.62. The second-order valence-corrected chi connectivity index (χ2v) is 25.4. The number of aliphatic hydroxyl groups is 6. The molecule has 0 heterocycles. The summed E-state index contributed by atoms with van der Waals surface area (Å²) in [6, 6.07) is -1.01. The largest absolute Gasteiger partial charge is 0.480 e. The third kappa shape index (κ3) is 8.85. The molecular formula is C54H90N2O10. The number of hydrogen-bond acceptors (Lipinski definition) is 9. The van der Waals surface area contributed by atoms with Gasteiger partial charge in [-0.15, -0.1) is 0 Å². The van der Waals surface area contributed by atoms with Crippen molar-refractivity contribution in [2.45, 2.75) is 219 Å². The number of carbonyl (C=O) groups is 3. The molecule has 376 valence electrons. The minimum absolute atomic E-state index is 0.0136. The van der Waals surface area contributed by atoms with Crippen molar-refractivity contribution in [1.82, 2.24) is 10.6 Å². The summed E-state index contributed by atoms with van der Waals surface area (Å²) in [7, 11) is 0. The maximum absolute atomic E-state index is 13.2. The second-order valence-electron chi connectivity index (χ2n) is 25.4. The molecule has 8 rings (SSSR count). The summed E-state index contributed by atoms with van der Waals surface area (Å²) in [4.78, 5) is 38.5. The van der Waals surface area contributed by atoms with Crippen LogP contribution in [0.3, 0.4) is 0 Å². The Morgan fingerprint density at radius 2 is 1.02 bits per heavy atom. The maximum atomic E-state index is 13.2. The van der Waals surface area contributed by atoms with Gasteiger partial charge in [0.15, 0.2) is 0 Å². The lowest BCUT2D eigenvalue weighted by molar-refractivity contribution is -0.207. The van der Waals surface area contributed by atoms with Crippen LogP contribution in [0.25, 0.3) is 0 Å². The van der Waals surface area contributed by atoms with Crippen molar-refractivity contribution in [3.05, 3.63) is 0 Å². The monoisotopic (exact) mass is 927 g/mol. The van der Waals surface area contributed by atoms with Gasteiger partial charge in [-0.1, -0.05) is 41.5 Å². The van der Waals surface area contributed by atoms with Gasteiger partial charge >= 0.3 is 5.97 Å². The Bertz CT molecular complexity index is 1750. The van der Waals surface area contributed by atoms with Crippen LogP contribution < -0.4 is 10.6 Å². The van der Waals surface area contributed by atoms with Crippen molar-refractivity contribution in [1.29, 1.82) is 0 Å². The maximum Gasteiger partial charge on any atom is 0.326 e. The van der Waals surface area contributed by atoms with Crippen molar-refractivity contribution in [2.24, 2.45) is 92.7 Å². The van der Waals surface area contributed by atoms with Gasteiger partial charge in [0.1, 0.15) is 6.04 Å². The van der Waals surface area contributed by atoms with Crippen molar-refractivity contribution < 1.29 is 50.1 Å². The topological polar surface area (TPSA) is 217 Å². The van der Waals surface area contributed by atoms with Crippen LogP contribution in [0.2, 0.25) is 0 Å². The molecule has 0 bridgehead atoms. The number of aliphatic carboxylic acids is 1. The van der Waals surface area contributed by atoms with Crippen LogP contribution >= 0.6 is 0 Å². The van der Waals surface area contributed by atoms with E-state index in [2.05, 4.69) is 52.2 Å². The molecule has 66 heavy (non-hydrogen) atoms. The molecule has 0 radical (unpaired) electrons. The molecule has 8 aliphatic carbocycles. The third-order valence-electron chi connectivity index (χ3n) is 22.6. The highest BCUT2D eigenvalue weighted by atomic mass is 16.4. The van der Waals surface area contributed by atoms with E-state index in [1.807, 2.05) is 0 Å². The Kier molecular flexibility index (Phi) is 14.9. The highest BCUT2D eigenvalue weighted by Crippen LogP contribution is 2.70. The van der Waals surface area contributed by atoms with E-state index in [0.29, 0.717) is 57.9 Å². The van der Waals surface area contributed by atoms with Gasteiger partial charge in [0.2, 0.25) is 11.8 Å². The van der Waals surface area contributed by atoms with Gasteiger partial charge in [-0.05, 0) is 215 Å². The predicted octanol–water partition coefficient (Wildman–Crippen LogP) is 6.60. The molecule has 0 saturated heterocycles. The average Bonchev–Trinajstić information content (AvgIpc) is 3.81. The minimum atomic E-state index is -1.07. The van der Waals surface area contributed by atoms with Crippen molar-refractivity contribution in [3.8, 4) is 0 Å². The van der Waals surface area contributed by atoms with E-state index in [-0.39, 0.29) is 130 Å². The average molecular weight is 927 g/mol. The molecule has 2 amide bonds. The number of aliphatic hydroxyl groups excluding tert-OH is 6. The molecule has 0 aromatic heterocycles. The van der Waals surface area contributed by atoms with Crippen molar-refractivity contribution in [3.63, 3.8) is 0 Å². The number of hydrogen-bond donors (Lipinski definition) is 9. The third-order valence-corrected chi connectivity index (χ3v) is 22.6. The molecular weight excluding hydrogens is 837 g/mol. The fourth-order valence-electron chi connectivity index (χ4n) is 18.7. The first-order valence-electron chi connectivity index (χ1n) is 27.0. The minimum Gasteiger partial charge on any atom is -0.480 e. The number of amides is 2. The highest BCUT2D eigenvalue weighted by molar-refractivity contribution is 5.83. The highest BCUT2D eigenvalue weighted by Gasteiger charge is 2.67. The van der Waals surface area contributed by atoms with E-state index in [0.717, 1.165) is 70.6 Å². The van der Waals surface area contributed by atoms with Crippen LogP contribution in [0.4, 0.5) is 0 Å². The molecule has 12 heteroatoms. The van der Waals surface area contributed by atoms with Crippen LogP contribution in [-0.2, 0) is 14.4 Å². The molecule has 12 nitrogen and oxygen atoms in total. The smallest absolute Gasteiger partial charge is 0.326 e. The zero-order valence-corrected chi connectivity index (χ0v) is 41.4. The molecule has 8 fully saturated rings. The fourth-order valence-corrected chi connectivity index (χ4v) is 18.7. The Morgan fingerprint density at radius 3 is 1.47 bits per heavy atom. The number of nitrogens with one attached hydrogen (secondary N) is 2. The van der Waals surface area contributed by atoms with E-state index < -0.39 is 36.4 Å². The van der Waals surface area contributed by atoms with E-state index in [1.54, 1.807) is 0 Å². The van der Waals surface area contributed by atoms with Gasteiger partial charge in [-0.25, -0.2) is 4.79 Å². The Hall–Kier alpha value is -1.83. The number of carbonyl (C=O) groups excluding carboxylic acids is 2. The molecule has 0 spiro atoms. The second kappa shape index (κ2) is 19.4. The number of carboxylic acids is 1. The molecule has 11 unspecified atom stereocenters. The molecule has 8 saturated carbocycles. The molecule has 0 aromatic rings. The molecule has 8 aliphatic rings. The van der Waals surface area contributed by atoms with Gasteiger partial charge < -0.3 is 46.4 Å². The zero-order chi connectivity index (χ0) is 47.7. The van der Waals surface area contributed by atoms with E-state index in [4.69, 9.17) is 0 Å². The van der Waals surface area contributed by atoms with E-state index in [1.165, 1.54) is 0 Å². The number of carboxylic acid groups (broad SMARTS) is 1. The number of fused-ring (bicyclic) bond motifs is 10. The lowest BCUT2D eigenvalue weighted by atomic mass is 9.43. The van der Waals surface area contributed by atoms with Crippen LogP contribution in [0.15, 0.2) is 0 Å². The summed E-state index contributed by atoms with van der Waals surface area (Å²) in [5.74, 6) is 1.21. The van der Waals surface area contributed by atoms with Crippen LogP contribution in [0, 0.1) is 92.7 Å². The fraction of sp³-hybridized carbons (Fsp3) is 0.944. The zero-order valence-electron chi connectivity index (χ0n) is 41.4.